The molecule has 3 N–H and O–H groups in total. The minimum Gasteiger partial charge on any atom is -0.504 e. The number of aromatic nitrogens is 1. The van der Waals surface area contributed by atoms with Gasteiger partial charge in [0.15, 0.2) is 16.6 Å². The van der Waals surface area contributed by atoms with Crippen LogP contribution in [0, 0.1) is 11.3 Å². The fraction of sp³-hybridized carbons (Fsp3) is 0.0500. The van der Waals surface area contributed by atoms with Gasteiger partial charge in [0.2, 0.25) is 0 Å². The quantitative estimate of drug-likeness (QED) is 0.313. The monoisotopic (exact) mass is 431 g/mol. The van der Waals surface area contributed by atoms with Gasteiger partial charge < -0.3 is 10.2 Å². The minimum absolute atomic E-state index is 0.0154. The normalized spacial score (nSPS) is 11.7. The lowest BCUT2D eigenvalue weighted by molar-refractivity contribution is -0.137. The van der Waals surface area contributed by atoms with Crippen LogP contribution in [0.4, 0.5) is 18.3 Å². The lowest BCUT2D eigenvalue weighted by Crippen LogP contribution is -2.13. The van der Waals surface area contributed by atoms with Crippen molar-refractivity contribution in [3.63, 3.8) is 0 Å². The molecule has 0 aliphatic heterocycles. The summed E-state index contributed by atoms with van der Waals surface area (Å²) in [6.07, 6.45) is -3.38. The molecule has 3 rings (SSSR count). The lowest BCUT2D eigenvalue weighted by Gasteiger charge is -2.10. The topological polar surface area (TPSA) is 106 Å². The molecule has 30 heavy (non-hydrogen) atoms. The number of benzene rings is 2. The fourth-order valence-corrected chi connectivity index (χ4v) is 3.22. The van der Waals surface area contributed by atoms with E-state index in [4.69, 9.17) is 0 Å². The van der Waals surface area contributed by atoms with E-state index in [1.54, 1.807) is 6.07 Å². The standard InChI is InChI=1S/C20H12F3N3O3S/c21-20(22,23)14-4-2-1-3-13(14)15-10-30-19(25-15)26-18(29)12(9-24)7-11-5-6-16(27)17(28)8-11/h1-8,10,27-28H,(H,25,26,29)/b12-7+. The van der Waals surface area contributed by atoms with Crippen molar-refractivity contribution in [3.05, 3.63) is 64.5 Å². The molecular weight excluding hydrogens is 419 g/mol. The van der Waals surface area contributed by atoms with Crippen molar-refractivity contribution in [3.8, 4) is 28.8 Å². The molecule has 0 bridgehead atoms. The average Bonchev–Trinajstić information content (AvgIpc) is 3.16. The molecule has 0 saturated carbocycles. The van der Waals surface area contributed by atoms with Gasteiger partial charge in [-0.05, 0) is 29.8 Å². The van der Waals surface area contributed by atoms with E-state index < -0.39 is 23.4 Å². The Labute approximate surface area is 172 Å². The number of nitrogens with zero attached hydrogens (tertiary/aromatic N) is 2. The molecule has 10 heteroatoms. The van der Waals surface area contributed by atoms with Crippen molar-refractivity contribution < 1.29 is 28.2 Å². The van der Waals surface area contributed by atoms with Crippen molar-refractivity contribution in [1.29, 1.82) is 5.26 Å². The number of alkyl halides is 3. The summed E-state index contributed by atoms with van der Waals surface area (Å²) in [5.74, 6) is -1.60. The number of nitriles is 1. The molecule has 1 aromatic heterocycles. The van der Waals surface area contributed by atoms with Crippen LogP contribution < -0.4 is 5.32 Å². The van der Waals surface area contributed by atoms with Gasteiger partial charge in [0.05, 0.1) is 11.3 Å². The van der Waals surface area contributed by atoms with E-state index in [1.165, 1.54) is 41.8 Å². The number of thiazole rings is 1. The Morgan fingerprint density at radius 2 is 1.90 bits per heavy atom. The number of rotatable bonds is 4. The van der Waals surface area contributed by atoms with Crippen LogP contribution in [0.5, 0.6) is 11.5 Å². The molecule has 6 nitrogen and oxygen atoms in total. The molecule has 0 aliphatic carbocycles. The van der Waals surface area contributed by atoms with Gasteiger partial charge in [0.25, 0.3) is 5.91 Å². The molecule has 3 aromatic rings. The predicted molar refractivity (Wildman–Crippen MR) is 105 cm³/mol. The van der Waals surface area contributed by atoms with Crippen LogP contribution in [0.25, 0.3) is 17.3 Å². The van der Waals surface area contributed by atoms with E-state index >= 15 is 0 Å². The van der Waals surface area contributed by atoms with E-state index in [0.717, 1.165) is 23.5 Å². The SMILES string of the molecule is N#C/C(=C\c1ccc(O)c(O)c1)C(=O)Nc1nc(-c2ccccc2C(F)(F)F)cs1. The zero-order valence-electron chi connectivity index (χ0n) is 14.9. The highest BCUT2D eigenvalue weighted by Crippen LogP contribution is 2.37. The maximum Gasteiger partial charge on any atom is 0.417 e. The van der Waals surface area contributed by atoms with Crippen molar-refractivity contribution in [1.82, 2.24) is 4.98 Å². The molecular formula is C20H12F3N3O3S. The number of carbonyl (C=O) groups excluding carboxylic acids is 1. The highest BCUT2D eigenvalue weighted by atomic mass is 32.1. The summed E-state index contributed by atoms with van der Waals surface area (Å²) < 4.78 is 39.6. The minimum atomic E-state index is -4.56. The van der Waals surface area contributed by atoms with Crippen molar-refractivity contribution in [2.24, 2.45) is 0 Å². The van der Waals surface area contributed by atoms with Crippen LogP contribution in [0.3, 0.4) is 0 Å². The predicted octanol–water partition coefficient (Wildman–Crippen LogP) is 4.79. The van der Waals surface area contributed by atoms with Crippen LogP contribution in [0.1, 0.15) is 11.1 Å². The third-order valence-corrected chi connectivity index (χ3v) is 4.67. The zero-order valence-corrected chi connectivity index (χ0v) is 15.8. The third kappa shape index (κ3) is 4.59. The van der Waals surface area contributed by atoms with Crippen LogP contribution in [-0.2, 0) is 11.0 Å². The average molecular weight is 431 g/mol. The summed E-state index contributed by atoms with van der Waals surface area (Å²) in [7, 11) is 0. The first-order chi connectivity index (χ1) is 14.2. The number of phenols is 2. The summed E-state index contributed by atoms with van der Waals surface area (Å²) in [5, 5.41) is 31.8. The molecule has 0 spiro atoms. The second kappa shape index (κ2) is 8.26. The molecule has 1 amide bonds. The van der Waals surface area contributed by atoms with E-state index in [1.807, 2.05) is 0 Å². The number of carbonyl (C=O) groups is 1. The van der Waals surface area contributed by atoms with Crippen LogP contribution >= 0.6 is 11.3 Å². The Morgan fingerprint density at radius 1 is 1.17 bits per heavy atom. The summed E-state index contributed by atoms with van der Waals surface area (Å²) in [4.78, 5) is 16.4. The van der Waals surface area contributed by atoms with Gasteiger partial charge in [-0.25, -0.2) is 4.98 Å². The van der Waals surface area contributed by atoms with E-state index in [2.05, 4.69) is 10.3 Å². The zero-order chi connectivity index (χ0) is 21.9. The number of halogens is 3. The van der Waals surface area contributed by atoms with Gasteiger partial charge in [-0.1, -0.05) is 24.3 Å². The highest BCUT2D eigenvalue weighted by molar-refractivity contribution is 7.14. The first kappa shape index (κ1) is 20.9. The number of amides is 1. The maximum atomic E-state index is 13.2. The Bertz CT molecular complexity index is 1180. The van der Waals surface area contributed by atoms with Crippen molar-refractivity contribution >= 4 is 28.5 Å². The van der Waals surface area contributed by atoms with E-state index in [9.17, 15) is 33.4 Å². The Hall–Kier alpha value is -3.84. The van der Waals surface area contributed by atoms with Crippen molar-refractivity contribution in [2.45, 2.75) is 6.18 Å². The summed E-state index contributed by atoms with van der Waals surface area (Å²) in [6.45, 7) is 0. The molecule has 2 aromatic carbocycles. The van der Waals surface area contributed by atoms with Crippen LogP contribution in [0.2, 0.25) is 0 Å². The number of phenolic OH excluding ortho intramolecular Hbond substituents is 2. The fourth-order valence-electron chi connectivity index (χ4n) is 2.52. The molecule has 0 unspecified atom stereocenters. The Kier molecular flexibility index (Phi) is 5.75. The first-order valence-electron chi connectivity index (χ1n) is 8.26. The summed E-state index contributed by atoms with van der Waals surface area (Å²) in [5.41, 5.74) is -0.979. The number of anilines is 1. The third-order valence-electron chi connectivity index (χ3n) is 3.91. The summed E-state index contributed by atoms with van der Waals surface area (Å²) in [6, 6.07) is 10.4. The molecule has 0 radical (unpaired) electrons. The van der Waals surface area contributed by atoms with Crippen LogP contribution in [-0.4, -0.2) is 21.1 Å². The second-order valence-corrected chi connectivity index (χ2v) is 6.81. The van der Waals surface area contributed by atoms with Gasteiger partial charge in [-0.3, -0.25) is 10.1 Å². The summed E-state index contributed by atoms with van der Waals surface area (Å²) >= 11 is 0.911. The Balaban J connectivity index is 1.83. The highest BCUT2D eigenvalue weighted by Gasteiger charge is 2.33. The molecule has 1 heterocycles. The number of hydrogen-bond donors (Lipinski definition) is 3. The number of aromatic hydroxyl groups is 2. The van der Waals surface area contributed by atoms with Gasteiger partial charge in [-0.2, -0.15) is 18.4 Å². The molecule has 0 saturated heterocycles. The van der Waals surface area contributed by atoms with E-state index in [0.29, 0.717) is 0 Å². The van der Waals surface area contributed by atoms with Crippen LogP contribution in [0.15, 0.2) is 53.4 Å². The Morgan fingerprint density at radius 3 is 2.57 bits per heavy atom. The molecule has 152 valence electrons. The molecule has 0 aliphatic rings. The number of hydrogen-bond acceptors (Lipinski definition) is 6. The van der Waals surface area contributed by atoms with Gasteiger partial charge in [0, 0.05) is 10.9 Å². The van der Waals surface area contributed by atoms with E-state index in [-0.39, 0.29) is 33.3 Å². The molecule has 0 fully saturated rings. The molecule has 0 atom stereocenters. The smallest absolute Gasteiger partial charge is 0.417 e. The van der Waals surface area contributed by atoms with Crippen molar-refractivity contribution in [2.75, 3.05) is 5.32 Å². The largest absolute Gasteiger partial charge is 0.504 e. The van der Waals surface area contributed by atoms with Gasteiger partial charge >= 0.3 is 6.18 Å². The second-order valence-electron chi connectivity index (χ2n) is 5.95. The van der Waals surface area contributed by atoms with Gasteiger partial charge in [0.1, 0.15) is 11.6 Å². The van der Waals surface area contributed by atoms with Gasteiger partial charge in [-0.15, -0.1) is 11.3 Å². The first-order valence-corrected chi connectivity index (χ1v) is 9.14. The maximum absolute atomic E-state index is 13.2. The number of nitrogens with one attached hydrogen (secondary N) is 1. The lowest BCUT2D eigenvalue weighted by atomic mass is 10.1.